The quantitative estimate of drug-likeness (QED) is 0.0199. The van der Waals surface area contributed by atoms with Gasteiger partial charge in [-0.25, -0.2) is 0 Å². The lowest BCUT2D eigenvalue weighted by Crippen LogP contribution is -2.30. The first-order chi connectivity index (χ1) is 33.0. The SMILES string of the molecule is CC\C=C/C=C\C=C/C=C\CCCCCCCC(=O)OCC(COC(=O)CCCCCCCCC/C=C\C/C=C\CCCCC)OC(=O)CCCCCCCCC/C=C\C/C=C\CCCCC. The molecular formula is C61H102O6. The maximum Gasteiger partial charge on any atom is 0.306 e. The van der Waals surface area contributed by atoms with E-state index in [-0.39, 0.29) is 31.1 Å². The Bertz CT molecular complexity index is 1350. The van der Waals surface area contributed by atoms with Gasteiger partial charge in [-0.1, -0.05) is 227 Å². The summed E-state index contributed by atoms with van der Waals surface area (Å²) >= 11 is 0. The van der Waals surface area contributed by atoms with Crippen LogP contribution in [0, 0.1) is 0 Å². The van der Waals surface area contributed by atoms with E-state index in [4.69, 9.17) is 14.2 Å². The van der Waals surface area contributed by atoms with Crippen molar-refractivity contribution in [3.05, 3.63) is 97.2 Å². The molecule has 0 bridgehead atoms. The number of hydrogen-bond acceptors (Lipinski definition) is 6. The largest absolute Gasteiger partial charge is 0.462 e. The summed E-state index contributed by atoms with van der Waals surface area (Å²) in [5, 5.41) is 0. The average molecular weight is 931 g/mol. The third-order valence-corrected chi connectivity index (χ3v) is 11.6. The van der Waals surface area contributed by atoms with Gasteiger partial charge < -0.3 is 14.2 Å². The zero-order chi connectivity index (χ0) is 48.6. The standard InChI is InChI=1S/C61H102O6/c1-4-7-10-13-16-19-22-25-28-30-33-36-39-42-45-48-51-54-60(63)66-57-58(56-65-59(62)53-50-47-44-41-38-35-32-27-24-21-18-15-12-9-6-3)67-61(64)55-52-49-46-43-40-37-34-31-29-26-23-20-17-14-11-8-5-2/h9,12,15-21,24-29,32,58H,4-8,10-11,13-14,22-23,30-31,33-57H2,1-3H3/b12-9-,18-15-,19-16-,20-17-,24-21-,28-25-,29-26-,32-27-. The molecule has 0 aliphatic rings. The maximum absolute atomic E-state index is 12.8. The second kappa shape index (κ2) is 54.9. The van der Waals surface area contributed by atoms with Crippen molar-refractivity contribution >= 4 is 17.9 Å². The van der Waals surface area contributed by atoms with Crippen molar-refractivity contribution in [3.63, 3.8) is 0 Å². The monoisotopic (exact) mass is 931 g/mol. The Morgan fingerprint density at radius 3 is 1.03 bits per heavy atom. The number of allylic oxidation sites excluding steroid dienone is 16. The Labute approximate surface area is 413 Å². The van der Waals surface area contributed by atoms with E-state index >= 15 is 0 Å². The number of rotatable bonds is 49. The zero-order valence-corrected chi connectivity index (χ0v) is 43.6. The van der Waals surface area contributed by atoms with Gasteiger partial charge in [0.2, 0.25) is 0 Å². The minimum atomic E-state index is -0.796. The fourth-order valence-electron chi connectivity index (χ4n) is 7.45. The Kier molecular flexibility index (Phi) is 51.9. The lowest BCUT2D eigenvalue weighted by atomic mass is 10.1. The van der Waals surface area contributed by atoms with Crippen LogP contribution in [0.2, 0.25) is 0 Å². The number of ether oxygens (including phenoxy) is 3. The topological polar surface area (TPSA) is 78.9 Å². The van der Waals surface area contributed by atoms with E-state index in [1.165, 1.54) is 103 Å². The van der Waals surface area contributed by atoms with Crippen molar-refractivity contribution in [1.29, 1.82) is 0 Å². The molecule has 1 unspecified atom stereocenters. The van der Waals surface area contributed by atoms with Crippen LogP contribution in [0.3, 0.4) is 0 Å². The fourth-order valence-corrected chi connectivity index (χ4v) is 7.45. The Balaban J connectivity index is 4.46. The van der Waals surface area contributed by atoms with Gasteiger partial charge >= 0.3 is 17.9 Å². The molecule has 0 N–H and O–H groups in total. The predicted octanol–water partition coefficient (Wildman–Crippen LogP) is 18.5. The van der Waals surface area contributed by atoms with Gasteiger partial charge in [0.05, 0.1) is 0 Å². The molecule has 1 atom stereocenters. The van der Waals surface area contributed by atoms with Crippen LogP contribution in [0.5, 0.6) is 0 Å². The molecule has 0 amide bonds. The first kappa shape index (κ1) is 63.3. The van der Waals surface area contributed by atoms with Crippen LogP contribution in [0.1, 0.15) is 252 Å². The summed E-state index contributed by atoms with van der Waals surface area (Å²) < 4.78 is 16.8. The Morgan fingerprint density at radius 1 is 0.328 bits per heavy atom. The van der Waals surface area contributed by atoms with Crippen LogP contribution in [-0.2, 0) is 28.6 Å². The molecule has 0 radical (unpaired) electrons. The van der Waals surface area contributed by atoms with Gasteiger partial charge in [0, 0.05) is 19.3 Å². The van der Waals surface area contributed by atoms with E-state index in [2.05, 4.69) is 99.8 Å². The summed E-state index contributed by atoms with van der Waals surface area (Å²) in [4.78, 5) is 38.1. The molecule has 6 heteroatoms. The highest BCUT2D eigenvalue weighted by Gasteiger charge is 2.19. The number of carbonyl (C=O) groups is 3. The summed E-state index contributed by atoms with van der Waals surface area (Å²) in [5.41, 5.74) is 0. The molecule has 382 valence electrons. The van der Waals surface area contributed by atoms with Crippen molar-refractivity contribution in [3.8, 4) is 0 Å². The highest BCUT2D eigenvalue weighted by atomic mass is 16.6. The minimum Gasteiger partial charge on any atom is -0.462 e. The highest BCUT2D eigenvalue weighted by Crippen LogP contribution is 2.14. The minimum absolute atomic E-state index is 0.0935. The van der Waals surface area contributed by atoms with Crippen LogP contribution in [-0.4, -0.2) is 37.2 Å². The van der Waals surface area contributed by atoms with Crippen molar-refractivity contribution < 1.29 is 28.6 Å². The zero-order valence-electron chi connectivity index (χ0n) is 43.6. The van der Waals surface area contributed by atoms with Gasteiger partial charge in [0.1, 0.15) is 13.2 Å². The molecule has 0 aromatic rings. The van der Waals surface area contributed by atoms with Crippen LogP contribution in [0.15, 0.2) is 97.2 Å². The van der Waals surface area contributed by atoms with E-state index in [1.54, 1.807) is 0 Å². The molecule has 0 rings (SSSR count). The second-order valence-electron chi connectivity index (χ2n) is 18.2. The van der Waals surface area contributed by atoms with Gasteiger partial charge in [-0.2, -0.15) is 0 Å². The van der Waals surface area contributed by atoms with Crippen LogP contribution < -0.4 is 0 Å². The summed E-state index contributed by atoms with van der Waals surface area (Å²) in [5.74, 6) is -0.931. The molecule has 0 aliphatic carbocycles. The van der Waals surface area contributed by atoms with Crippen molar-refractivity contribution in [2.75, 3.05) is 13.2 Å². The molecule has 0 fully saturated rings. The number of unbranched alkanes of at least 4 members (excludes halogenated alkanes) is 25. The van der Waals surface area contributed by atoms with Gasteiger partial charge in [-0.3, -0.25) is 14.4 Å². The van der Waals surface area contributed by atoms with Crippen LogP contribution in [0.25, 0.3) is 0 Å². The summed E-state index contributed by atoms with van der Waals surface area (Å²) in [7, 11) is 0. The third kappa shape index (κ3) is 53.2. The van der Waals surface area contributed by atoms with Gasteiger partial charge in [0.15, 0.2) is 6.10 Å². The normalized spacial score (nSPS) is 12.8. The van der Waals surface area contributed by atoms with Crippen LogP contribution >= 0.6 is 0 Å². The maximum atomic E-state index is 12.8. The summed E-state index contributed by atoms with van der Waals surface area (Å²) in [6, 6.07) is 0. The Hall–Kier alpha value is -3.67. The molecular weight excluding hydrogens is 829 g/mol. The van der Waals surface area contributed by atoms with Gasteiger partial charge in [-0.15, -0.1) is 0 Å². The number of carbonyl (C=O) groups excluding carboxylic acids is 3. The fraction of sp³-hybridized carbons (Fsp3) is 0.689. The smallest absolute Gasteiger partial charge is 0.306 e. The van der Waals surface area contributed by atoms with E-state index in [9.17, 15) is 14.4 Å². The van der Waals surface area contributed by atoms with Crippen molar-refractivity contribution in [2.45, 2.75) is 258 Å². The first-order valence-corrected chi connectivity index (χ1v) is 27.8. The lowest BCUT2D eigenvalue weighted by molar-refractivity contribution is -0.167. The molecule has 0 saturated carbocycles. The summed E-state index contributed by atoms with van der Waals surface area (Å²) in [6.07, 6.45) is 72.4. The molecule has 0 spiro atoms. The Morgan fingerprint density at radius 2 is 0.642 bits per heavy atom. The second-order valence-corrected chi connectivity index (χ2v) is 18.2. The first-order valence-electron chi connectivity index (χ1n) is 27.8. The van der Waals surface area contributed by atoms with E-state index in [0.29, 0.717) is 19.3 Å². The lowest BCUT2D eigenvalue weighted by Gasteiger charge is -2.18. The molecule has 0 saturated heterocycles. The van der Waals surface area contributed by atoms with E-state index < -0.39 is 6.10 Å². The molecule has 6 nitrogen and oxygen atoms in total. The number of esters is 3. The highest BCUT2D eigenvalue weighted by molar-refractivity contribution is 5.71. The van der Waals surface area contributed by atoms with Crippen molar-refractivity contribution in [1.82, 2.24) is 0 Å². The molecule has 0 aliphatic heterocycles. The van der Waals surface area contributed by atoms with Crippen molar-refractivity contribution in [2.24, 2.45) is 0 Å². The summed E-state index contributed by atoms with van der Waals surface area (Å²) in [6.45, 7) is 6.42. The van der Waals surface area contributed by atoms with E-state index in [1.807, 2.05) is 18.2 Å². The van der Waals surface area contributed by atoms with Crippen LogP contribution in [0.4, 0.5) is 0 Å². The molecule has 0 aromatic heterocycles. The molecule has 0 aromatic carbocycles. The van der Waals surface area contributed by atoms with E-state index in [0.717, 1.165) is 109 Å². The van der Waals surface area contributed by atoms with Gasteiger partial charge in [0.25, 0.3) is 0 Å². The molecule has 0 heterocycles. The third-order valence-electron chi connectivity index (χ3n) is 11.6. The van der Waals surface area contributed by atoms with Gasteiger partial charge in [-0.05, 0) is 103 Å². The molecule has 67 heavy (non-hydrogen) atoms. The average Bonchev–Trinajstić information content (AvgIpc) is 3.33. The number of hydrogen-bond donors (Lipinski definition) is 0. The predicted molar refractivity (Wildman–Crippen MR) is 288 cm³/mol.